The summed E-state index contributed by atoms with van der Waals surface area (Å²) < 4.78 is 26.2. The zero-order valence-electron chi connectivity index (χ0n) is 12.5. The van der Waals surface area contributed by atoms with Crippen molar-refractivity contribution in [2.24, 2.45) is 0 Å². The Morgan fingerprint density at radius 2 is 1.65 bits per heavy atom. The predicted molar refractivity (Wildman–Crippen MR) is 82.3 cm³/mol. The normalized spacial score (nSPS) is 15.7. The van der Waals surface area contributed by atoms with E-state index in [0.717, 1.165) is 30.5 Å². The van der Waals surface area contributed by atoms with Gasteiger partial charge in [0, 0.05) is 18.7 Å². The summed E-state index contributed by atoms with van der Waals surface area (Å²) in [7, 11) is 0. The number of phenolic OH excluding ortho intramolecular Hbond substituents is 1. The van der Waals surface area contributed by atoms with Gasteiger partial charge in [0.1, 0.15) is 5.75 Å². The second-order valence-electron chi connectivity index (χ2n) is 5.79. The summed E-state index contributed by atoms with van der Waals surface area (Å²) in [6.45, 7) is 1.15. The molecule has 0 saturated carbocycles. The molecule has 1 amide bonds. The number of nitrogens with zero attached hydrogens (tertiary/aromatic N) is 1. The van der Waals surface area contributed by atoms with Gasteiger partial charge in [0.25, 0.3) is 5.91 Å². The van der Waals surface area contributed by atoms with Gasteiger partial charge >= 0.3 is 0 Å². The fourth-order valence-corrected chi connectivity index (χ4v) is 2.97. The SMILES string of the molecule is O=C(c1ccc(F)c(F)c1)N1CCC(c2ccc(O)cc2)CC1. The highest BCUT2D eigenvalue weighted by atomic mass is 19.2. The maximum absolute atomic E-state index is 13.3. The molecule has 1 aliphatic rings. The first-order valence-corrected chi connectivity index (χ1v) is 7.58. The summed E-state index contributed by atoms with van der Waals surface area (Å²) in [6, 6.07) is 10.4. The number of piperidine rings is 1. The molecule has 1 heterocycles. The first-order valence-electron chi connectivity index (χ1n) is 7.58. The third-order valence-electron chi connectivity index (χ3n) is 4.31. The Morgan fingerprint density at radius 1 is 1.00 bits per heavy atom. The van der Waals surface area contributed by atoms with Crippen LogP contribution in [0.5, 0.6) is 5.75 Å². The number of carbonyl (C=O) groups excluding carboxylic acids is 1. The number of rotatable bonds is 2. The largest absolute Gasteiger partial charge is 0.508 e. The van der Waals surface area contributed by atoms with Crippen LogP contribution in [0.25, 0.3) is 0 Å². The van der Waals surface area contributed by atoms with Gasteiger partial charge in [0.2, 0.25) is 0 Å². The van der Waals surface area contributed by atoms with Crippen LogP contribution in [-0.2, 0) is 0 Å². The average Bonchev–Trinajstić information content (AvgIpc) is 2.57. The number of likely N-dealkylation sites (tertiary alicyclic amines) is 1. The fourth-order valence-electron chi connectivity index (χ4n) is 2.97. The fraction of sp³-hybridized carbons (Fsp3) is 0.278. The third kappa shape index (κ3) is 3.33. The van der Waals surface area contributed by atoms with Gasteiger partial charge in [-0.3, -0.25) is 4.79 Å². The summed E-state index contributed by atoms with van der Waals surface area (Å²) in [5, 5.41) is 9.33. The molecule has 1 aliphatic heterocycles. The zero-order valence-corrected chi connectivity index (χ0v) is 12.5. The molecule has 0 aliphatic carbocycles. The minimum atomic E-state index is -1.00. The molecule has 2 aromatic rings. The van der Waals surface area contributed by atoms with Crippen molar-refractivity contribution in [3.05, 3.63) is 65.2 Å². The van der Waals surface area contributed by atoms with Gasteiger partial charge in [0.05, 0.1) is 0 Å². The van der Waals surface area contributed by atoms with Gasteiger partial charge in [-0.2, -0.15) is 0 Å². The van der Waals surface area contributed by atoms with Gasteiger partial charge in [-0.15, -0.1) is 0 Å². The van der Waals surface area contributed by atoms with Crippen molar-refractivity contribution in [1.82, 2.24) is 4.90 Å². The molecule has 3 nitrogen and oxygen atoms in total. The molecular formula is C18H17F2NO2. The van der Waals surface area contributed by atoms with E-state index in [1.807, 2.05) is 12.1 Å². The van der Waals surface area contributed by atoms with E-state index in [2.05, 4.69) is 0 Å². The molecule has 23 heavy (non-hydrogen) atoms. The van der Waals surface area contributed by atoms with Crippen molar-refractivity contribution in [3.63, 3.8) is 0 Å². The Morgan fingerprint density at radius 3 is 2.26 bits per heavy atom. The van der Waals surface area contributed by atoms with E-state index < -0.39 is 11.6 Å². The van der Waals surface area contributed by atoms with Crippen molar-refractivity contribution in [1.29, 1.82) is 0 Å². The third-order valence-corrected chi connectivity index (χ3v) is 4.31. The lowest BCUT2D eigenvalue weighted by molar-refractivity contribution is 0.0712. The van der Waals surface area contributed by atoms with Gasteiger partial charge < -0.3 is 10.0 Å². The number of aromatic hydroxyl groups is 1. The Bertz CT molecular complexity index is 707. The van der Waals surface area contributed by atoms with Crippen LogP contribution < -0.4 is 0 Å². The molecule has 120 valence electrons. The van der Waals surface area contributed by atoms with E-state index in [-0.39, 0.29) is 17.2 Å². The van der Waals surface area contributed by atoms with Gasteiger partial charge in [-0.05, 0) is 54.7 Å². The van der Waals surface area contributed by atoms with E-state index in [0.29, 0.717) is 19.0 Å². The Hall–Kier alpha value is -2.43. The maximum Gasteiger partial charge on any atom is 0.253 e. The van der Waals surface area contributed by atoms with Crippen LogP contribution in [-0.4, -0.2) is 29.0 Å². The molecule has 0 unspecified atom stereocenters. The van der Waals surface area contributed by atoms with Crippen molar-refractivity contribution in [3.8, 4) is 5.75 Å². The molecule has 1 fully saturated rings. The molecule has 1 saturated heterocycles. The quantitative estimate of drug-likeness (QED) is 0.917. The minimum Gasteiger partial charge on any atom is -0.508 e. The van der Waals surface area contributed by atoms with Crippen LogP contribution in [0, 0.1) is 11.6 Å². The molecular weight excluding hydrogens is 300 g/mol. The lowest BCUT2D eigenvalue weighted by atomic mass is 9.89. The van der Waals surface area contributed by atoms with Crippen molar-refractivity contribution in [2.75, 3.05) is 13.1 Å². The van der Waals surface area contributed by atoms with E-state index in [9.17, 15) is 18.7 Å². The smallest absolute Gasteiger partial charge is 0.253 e. The van der Waals surface area contributed by atoms with Crippen LogP contribution in [0.4, 0.5) is 8.78 Å². The highest BCUT2D eigenvalue weighted by molar-refractivity contribution is 5.94. The zero-order chi connectivity index (χ0) is 16.4. The van der Waals surface area contributed by atoms with Crippen molar-refractivity contribution >= 4 is 5.91 Å². The van der Waals surface area contributed by atoms with Crippen molar-refractivity contribution in [2.45, 2.75) is 18.8 Å². The second kappa shape index (κ2) is 6.36. The standard InChI is InChI=1S/C18H17F2NO2/c19-16-6-3-14(11-17(16)20)18(23)21-9-7-13(8-10-21)12-1-4-15(22)5-2-12/h1-6,11,13,22H,7-10H2. The molecule has 0 atom stereocenters. The Labute approximate surface area is 133 Å². The van der Waals surface area contributed by atoms with E-state index in [4.69, 9.17) is 0 Å². The van der Waals surface area contributed by atoms with Crippen molar-refractivity contribution < 1.29 is 18.7 Å². The van der Waals surface area contributed by atoms with Crippen LogP contribution in [0.3, 0.4) is 0 Å². The van der Waals surface area contributed by atoms with Gasteiger partial charge in [-0.1, -0.05) is 12.1 Å². The predicted octanol–water partition coefficient (Wildman–Crippen LogP) is 3.69. The Balaban J connectivity index is 1.65. The summed E-state index contributed by atoms with van der Waals surface area (Å²) in [5.41, 5.74) is 1.31. The molecule has 2 aromatic carbocycles. The van der Waals surface area contributed by atoms with Crippen LogP contribution in [0.2, 0.25) is 0 Å². The van der Waals surface area contributed by atoms with E-state index >= 15 is 0 Å². The number of hydrogen-bond acceptors (Lipinski definition) is 2. The van der Waals surface area contributed by atoms with Crippen LogP contribution >= 0.6 is 0 Å². The Kier molecular flexibility index (Phi) is 4.28. The number of carbonyl (C=O) groups is 1. The first-order chi connectivity index (χ1) is 11.0. The van der Waals surface area contributed by atoms with Crippen LogP contribution in [0.1, 0.15) is 34.7 Å². The second-order valence-corrected chi connectivity index (χ2v) is 5.79. The van der Waals surface area contributed by atoms with E-state index in [1.165, 1.54) is 6.07 Å². The lowest BCUT2D eigenvalue weighted by Crippen LogP contribution is -2.38. The average molecular weight is 317 g/mol. The van der Waals surface area contributed by atoms with Gasteiger partial charge in [0.15, 0.2) is 11.6 Å². The molecule has 0 radical (unpaired) electrons. The number of hydrogen-bond donors (Lipinski definition) is 1. The molecule has 0 spiro atoms. The first kappa shape index (κ1) is 15.5. The summed E-state index contributed by atoms with van der Waals surface area (Å²) in [4.78, 5) is 14.0. The lowest BCUT2D eigenvalue weighted by Gasteiger charge is -2.32. The summed E-state index contributed by atoms with van der Waals surface area (Å²) in [5.74, 6) is -1.65. The molecule has 0 aromatic heterocycles. The number of amides is 1. The molecule has 5 heteroatoms. The molecule has 3 rings (SSSR count). The highest BCUT2D eigenvalue weighted by Gasteiger charge is 2.25. The van der Waals surface area contributed by atoms with Crippen LogP contribution in [0.15, 0.2) is 42.5 Å². The monoisotopic (exact) mass is 317 g/mol. The number of phenols is 1. The topological polar surface area (TPSA) is 40.5 Å². The summed E-state index contributed by atoms with van der Waals surface area (Å²) in [6.07, 6.45) is 1.61. The minimum absolute atomic E-state index is 0.173. The highest BCUT2D eigenvalue weighted by Crippen LogP contribution is 2.29. The maximum atomic E-state index is 13.3. The van der Waals surface area contributed by atoms with E-state index in [1.54, 1.807) is 17.0 Å². The van der Waals surface area contributed by atoms with Gasteiger partial charge in [-0.25, -0.2) is 8.78 Å². The number of halogens is 2. The molecule has 0 bridgehead atoms. The molecule has 1 N–H and O–H groups in total. The summed E-state index contributed by atoms with van der Waals surface area (Å²) >= 11 is 0. The number of benzene rings is 2.